The van der Waals surface area contributed by atoms with E-state index in [4.69, 9.17) is 0 Å². The molecule has 1 N–H and O–H groups in total. The fourth-order valence-corrected chi connectivity index (χ4v) is 2.19. The predicted octanol–water partition coefficient (Wildman–Crippen LogP) is 1.22. The number of carboxylic acids is 1. The average Bonchev–Trinajstić information content (AvgIpc) is 3.09. The zero-order valence-electron chi connectivity index (χ0n) is 9.87. The largest absolute Gasteiger partial charge is 0.479 e. The molecule has 1 fully saturated rings. The Morgan fingerprint density at radius 2 is 2.17 bits per heavy atom. The minimum atomic E-state index is -0.875. The van der Waals surface area contributed by atoms with E-state index < -0.39 is 11.5 Å². The van der Waals surface area contributed by atoms with Gasteiger partial charge in [0.1, 0.15) is 17.1 Å². The minimum absolute atomic E-state index is 0.521. The Morgan fingerprint density at radius 3 is 2.72 bits per heavy atom. The van der Waals surface area contributed by atoms with Gasteiger partial charge in [-0.1, -0.05) is 6.07 Å². The van der Waals surface area contributed by atoms with Crippen LogP contribution >= 0.6 is 0 Å². The molecule has 6 heteroatoms. The van der Waals surface area contributed by atoms with Gasteiger partial charge in [0.15, 0.2) is 5.82 Å². The molecule has 0 radical (unpaired) electrons. The number of rotatable bonds is 3. The van der Waals surface area contributed by atoms with Crippen LogP contribution in [0, 0.1) is 6.92 Å². The summed E-state index contributed by atoms with van der Waals surface area (Å²) in [6.45, 7) is 1.77. The first-order chi connectivity index (χ1) is 8.65. The number of nitrogens with zero attached hydrogens (tertiary/aromatic N) is 4. The van der Waals surface area contributed by atoms with Crippen LogP contribution in [0.2, 0.25) is 0 Å². The molecule has 1 aliphatic rings. The molecule has 0 aliphatic heterocycles. The molecule has 0 atom stereocenters. The lowest BCUT2D eigenvalue weighted by Gasteiger charge is -2.15. The first-order valence-electron chi connectivity index (χ1n) is 5.72. The summed E-state index contributed by atoms with van der Waals surface area (Å²) < 4.78 is 1.69. The molecule has 3 rings (SSSR count). The van der Waals surface area contributed by atoms with Crippen LogP contribution < -0.4 is 0 Å². The van der Waals surface area contributed by atoms with Crippen LogP contribution in [0.1, 0.15) is 18.7 Å². The molecule has 0 aromatic carbocycles. The summed E-state index contributed by atoms with van der Waals surface area (Å²) in [4.78, 5) is 15.6. The van der Waals surface area contributed by atoms with E-state index in [1.807, 2.05) is 6.07 Å². The third-order valence-corrected chi connectivity index (χ3v) is 3.27. The summed E-state index contributed by atoms with van der Waals surface area (Å²) in [5, 5.41) is 17.4. The lowest BCUT2D eigenvalue weighted by molar-refractivity contribution is -0.142. The topological polar surface area (TPSA) is 80.9 Å². The highest BCUT2D eigenvalue weighted by atomic mass is 16.4. The SMILES string of the molecule is Cc1nnc(-c2ccccn2)n1C1(C(=O)O)CC1. The highest BCUT2D eigenvalue weighted by Crippen LogP contribution is 2.46. The fourth-order valence-electron chi connectivity index (χ4n) is 2.19. The zero-order chi connectivity index (χ0) is 12.8. The predicted molar refractivity (Wildman–Crippen MR) is 62.8 cm³/mol. The number of aliphatic carboxylic acids is 1. The van der Waals surface area contributed by atoms with E-state index in [0.717, 1.165) is 0 Å². The van der Waals surface area contributed by atoms with Crippen molar-refractivity contribution in [3.8, 4) is 11.5 Å². The molecule has 1 saturated carbocycles. The number of carbonyl (C=O) groups is 1. The van der Waals surface area contributed by atoms with Gasteiger partial charge in [-0.05, 0) is 31.9 Å². The lowest BCUT2D eigenvalue weighted by atomic mass is 10.2. The van der Waals surface area contributed by atoms with Crippen molar-refractivity contribution >= 4 is 5.97 Å². The highest BCUT2D eigenvalue weighted by Gasteiger charge is 2.54. The van der Waals surface area contributed by atoms with Crippen molar-refractivity contribution in [2.45, 2.75) is 25.3 Å². The first-order valence-corrected chi connectivity index (χ1v) is 5.72. The summed E-state index contributed by atoms with van der Waals surface area (Å²) >= 11 is 0. The lowest BCUT2D eigenvalue weighted by Crippen LogP contribution is -2.29. The van der Waals surface area contributed by atoms with Gasteiger partial charge in [-0.15, -0.1) is 10.2 Å². The van der Waals surface area contributed by atoms with Crippen LogP contribution in [0.4, 0.5) is 0 Å². The highest BCUT2D eigenvalue weighted by molar-refractivity contribution is 5.81. The van der Waals surface area contributed by atoms with Gasteiger partial charge >= 0.3 is 5.97 Å². The third-order valence-electron chi connectivity index (χ3n) is 3.27. The van der Waals surface area contributed by atoms with Gasteiger partial charge in [0.2, 0.25) is 0 Å². The van der Waals surface area contributed by atoms with Crippen molar-refractivity contribution in [1.82, 2.24) is 19.7 Å². The molecule has 6 nitrogen and oxygen atoms in total. The van der Waals surface area contributed by atoms with Gasteiger partial charge in [0, 0.05) is 6.20 Å². The van der Waals surface area contributed by atoms with Crippen molar-refractivity contribution in [1.29, 1.82) is 0 Å². The standard InChI is InChI=1S/C12H12N4O2/c1-8-14-15-10(9-4-2-3-7-13-9)16(8)12(5-6-12)11(17)18/h2-4,7H,5-6H2,1H3,(H,17,18). The second-order valence-corrected chi connectivity index (χ2v) is 4.46. The Balaban J connectivity index is 2.17. The molecule has 0 unspecified atom stereocenters. The van der Waals surface area contributed by atoms with Crippen LogP contribution in [-0.4, -0.2) is 30.8 Å². The van der Waals surface area contributed by atoms with Gasteiger partial charge in [-0.25, -0.2) is 4.79 Å². The Morgan fingerprint density at radius 1 is 1.39 bits per heavy atom. The van der Waals surface area contributed by atoms with E-state index in [1.54, 1.807) is 29.8 Å². The summed E-state index contributed by atoms with van der Waals surface area (Å²) in [5.74, 6) is 0.297. The molecule has 18 heavy (non-hydrogen) atoms. The number of hydrogen-bond acceptors (Lipinski definition) is 4. The number of aryl methyl sites for hydroxylation is 1. The summed E-state index contributed by atoms with van der Waals surface area (Å²) in [5.41, 5.74) is -0.230. The monoisotopic (exact) mass is 244 g/mol. The Bertz CT molecular complexity index is 602. The molecule has 2 aromatic heterocycles. The van der Waals surface area contributed by atoms with Crippen LogP contribution in [0.5, 0.6) is 0 Å². The number of carboxylic acid groups (broad SMARTS) is 1. The van der Waals surface area contributed by atoms with Crippen LogP contribution in [0.3, 0.4) is 0 Å². The van der Waals surface area contributed by atoms with E-state index in [-0.39, 0.29) is 0 Å². The zero-order valence-corrected chi connectivity index (χ0v) is 9.87. The van der Waals surface area contributed by atoms with Crippen molar-refractivity contribution in [2.24, 2.45) is 0 Å². The Kier molecular flexibility index (Phi) is 2.19. The van der Waals surface area contributed by atoms with Gasteiger partial charge in [-0.3, -0.25) is 9.55 Å². The normalized spacial score (nSPS) is 16.5. The summed E-state index contributed by atoms with van der Waals surface area (Å²) in [6, 6.07) is 5.45. The molecule has 0 spiro atoms. The third kappa shape index (κ3) is 1.42. The molecular weight excluding hydrogens is 232 g/mol. The van der Waals surface area contributed by atoms with E-state index >= 15 is 0 Å². The molecule has 0 bridgehead atoms. The number of pyridine rings is 1. The molecule has 92 valence electrons. The number of aromatic nitrogens is 4. The Hall–Kier alpha value is -2.24. The van der Waals surface area contributed by atoms with Crippen molar-refractivity contribution in [3.05, 3.63) is 30.2 Å². The second kappa shape index (κ2) is 3.63. The molecule has 2 aromatic rings. The average molecular weight is 244 g/mol. The van der Waals surface area contributed by atoms with Crippen LogP contribution in [-0.2, 0) is 10.3 Å². The Labute approximate surface area is 103 Å². The van der Waals surface area contributed by atoms with Gasteiger partial charge < -0.3 is 5.11 Å². The van der Waals surface area contributed by atoms with Crippen LogP contribution in [0.25, 0.3) is 11.5 Å². The van der Waals surface area contributed by atoms with Crippen molar-refractivity contribution in [2.75, 3.05) is 0 Å². The van der Waals surface area contributed by atoms with Gasteiger partial charge in [0.25, 0.3) is 0 Å². The maximum atomic E-state index is 11.4. The number of hydrogen-bond donors (Lipinski definition) is 1. The van der Waals surface area contributed by atoms with E-state index in [1.165, 1.54) is 0 Å². The van der Waals surface area contributed by atoms with E-state index in [0.29, 0.717) is 30.2 Å². The van der Waals surface area contributed by atoms with E-state index in [2.05, 4.69) is 15.2 Å². The first kappa shape index (κ1) is 10.9. The fraction of sp³-hybridized carbons (Fsp3) is 0.333. The summed E-state index contributed by atoms with van der Waals surface area (Å²) in [6.07, 6.45) is 2.88. The smallest absolute Gasteiger partial charge is 0.330 e. The van der Waals surface area contributed by atoms with E-state index in [9.17, 15) is 9.90 Å². The minimum Gasteiger partial charge on any atom is -0.479 e. The molecule has 0 saturated heterocycles. The van der Waals surface area contributed by atoms with Crippen molar-refractivity contribution in [3.63, 3.8) is 0 Å². The second-order valence-electron chi connectivity index (χ2n) is 4.46. The molecule has 0 amide bonds. The van der Waals surface area contributed by atoms with Gasteiger partial charge in [0.05, 0.1) is 0 Å². The molecular formula is C12H12N4O2. The molecule has 1 aliphatic carbocycles. The van der Waals surface area contributed by atoms with Crippen molar-refractivity contribution < 1.29 is 9.90 Å². The van der Waals surface area contributed by atoms with Crippen LogP contribution in [0.15, 0.2) is 24.4 Å². The maximum absolute atomic E-state index is 11.4. The van der Waals surface area contributed by atoms with Gasteiger partial charge in [-0.2, -0.15) is 0 Å². The molecule has 2 heterocycles. The summed E-state index contributed by atoms with van der Waals surface area (Å²) in [7, 11) is 0. The quantitative estimate of drug-likeness (QED) is 0.878. The maximum Gasteiger partial charge on any atom is 0.330 e.